The quantitative estimate of drug-likeness (QED) is 0.453. The van der Waals surface area contributed by atoms with Crippen LogP contribution in [0.3, 0.4) is 0 Å². The number of aryl methyl sites for hydroxylation is 1. The first-order valence-electron chi connectivity index (χ1n) is 5.96. The first kappa shape index (κ1) is 16.5. The highest BCUT2D eigenvalue weighted by atomic mass is 35.5. The van der Waals surface area contributed by atoms with Gasteiger partial charge in [-0.2, -0.15) is 0 Å². The molecule has 8 heteroatoms. The zero-order chi connectivity index (χ0) is 16.4. The van der Waals surface area contributed by atoms with Crippen molar-refractivity contribution in [3.63, 3.8) is 0 Å². The van der Waals surface area contributed by atoms with Gasteiger partial charge in [-0.05, 0) is 36.8 Å². The van der Waals surface area contributed by atoms with E-state index in [0.29, 0.717) is 10.7 Å². The van der Waals surface area contributed by atoms with Gasteiger partial charge in [-0.1, -0.05) is 17.7 Å². The molecule has 0 unspecified atom stereocenters. The number of rotatable bonds is 2. The van der Waals surface area contributed by atoms with Gasteiger partial charge in [0.15, 0.2) is 28.4 Å². The van der Waals surface area contributed by atoms with Gasteiger partial charge >= 0.3 is 0 Å². The molecule has 22 heavy (non-hydrogen) atoms. The Bertz CT molecular complexity index is 726. The number of benzene rings is 2. The van der Waals surface area contributed by atoms with Crippen LogP contribution in [0, 0.1) is 30.2 Å². The zero-order valence-corrected chi connectivity index (χ0v) is 12.7. The molecule has 0 aliphatic heterocycles. The highest BCUT2D eigenvalue weighted by Gasteiger charge is 2.20. The van der Waals surface area contributed by atoms with E-state index >= 15 is 0 Å². The molecule has 2 N–H and O–H groups in total. The summed E-state index contributed by atoms with van der Waals surface area (Å²) in [4.78, 5) is 0. The Balaban J connectivity index is 2.25. The van der Waals surface area contributed by atoms with E-state index in [0.717, 1.165) is 5.56 Å². The molecule has 0 fully saturated rings. The second-order valence-electron chi connectivity index (χ2n) is 4.38. The minimum atomic E-state index is -1.56. The van der Waals surface area contributed by atoms with Crippen LogP contribution in [0.2, 0.25) is 5.02 Å². The predicted octanol–water partition coefficient (Wildman–Crippen LogP) is 5.01. The van der Waals surface area contributed by atoms with Crippen LogP contribution >= 0.6 is 23.8 Å². The molecule has 0 saturated heterocycles. The maximum atomic E-state index is 13.5. The summed E-state index contributed by atoms with van der Waals surface area (Å²) in [7, 11) is 0. The minimum absolute atomic E-state index is 0.118. The molecule has 0 atom stereocenters. The van der Waals surface area contributed by atoms with Gasteiger partial charge in [-0.15, -0.1) is 0 Å². The highest BCUT2D eigenvalue weighted by molar-refractivity contribution is 7.80. The Morgan fingerprint density at radius 3 is 2.18 bits per heavy atom. The molecule has 0 aliphatic carbocycles. The fourth-order valence-corrected chi connectivity index (χ4v) is 2.06. The first-order chi connectivity index (χ1) is 10.3. The van der Waals surface area contributed by atoms with E-state index in [1.54, 1.807) is 25.1 Å². The lowest BCUT2D eigenvalue weighted by Gasteiger charge is -2.14. The highest BCUT2D eigenvalue weighted by Crippen LogP contribution is 2.25. The van der Waals surface area contributed by atoms with Gasteiger partial charge in [-0.25, -0.2) is 17.6 Å². The third kappa shape index (κ3) is 3.48. The van der Waals surface area contributed by atoms with Crippen LogP contribution in [-0.4, -0.2) is 5.11 Å². The topological polar surface area (TPSA) is 24.1 Å². The molecule has 0 heterocycles. The van der Waals surface area contributed by atoms with Gasteiger partial charge in [0.25, 0.3) is 0 Å². The van der Waals surface area contributed by atoms with Gasteiger partial charge in [0, 0.05) is 16.8 Å². The molecule has 2 rings (SSSR count). The van der Waals surface area contributed by atoms with Crippen molar-refractivity contribution in [1.82, 2.24) is 0 Å². The largest absolute Gasteiger partial charge is 0.332 e. The van der Waals surface area contributed by atoms with Gasteiger partial charge < -0.3 is 10.6 Å². The Morgan fingerprint density at radius 1 is 1.00 bits per heavy atom. The fourth-order valence-electron chi connectivity index (χ4n) is 1.68. The summed E-state index contributed by atoms with van der Waals surface area (Å²) in [5, 5.41) is 4.93. The van der Waals surface area contributed by atoms with E-state index in [4.69, 9.17) is 23.8 Å². The summed E-state index contributed by atoms with van der Waals surface area (Å²) < 4.78 is 53.3. The third-order valence-electron chi connectivity index (χ3n) is 2.80. The smallest absolute Gasteiger partial charge is 0.185 e. The Hall–Kier alpha value is -1.86. The SMILES string of the molecule is Cc1ccc(Cl)cc1NC(=S)Nc1c(F)c(F)cc(F)c1F. The lowest BCUT2D eigenvalue weighted by molar-refractivity contribution is 0.459. The Labute approximate surface area is 134 Å². The van der Waals surface area contributed by atoms with Crippen LogP contribution in [0.1, 0.15) is 5.56 Å². The van der Waals surface area contributed by atoms with E-state index in [-0.39, 0.29) is 11.2 Å². The van der Waals surface area contributed by atoms with Gasteiger partial charge in [0.2, 0.25) is 0 Å². The van der Waals surface area contributed by atoms with Crippen LogP contribution < -0.4 is 10.6 Å². The molecule has 116 valence electrons. The lowest BCUT2D eigenvalue weighted by Crippen LogP contribution is -2.22. The van der Waals surface area contributed by atoms with Gasteiger partial charge in [0.1, 0.15) is 5.69 Å². The van der Waals surface area contributed by atoms with Crippen molar-refractivity contribution in [2.24, 2.45) is 0 Å². The van der Waals surface area contributed by atoms with Crippen molar-refractivity contribution >= 4 is 40.3 Å². The van der Waals surface area contributed by atoms with Crippen molar-refractivity contribution in [1.29, 1.82) is 0 Å². The van der Waals surface area contributed by atoms with E-state index in [1.165, 1.54) is 0 Å². The molecular weight excluding hydrogens is 340 g/mol. The lowest BCUT2D eigenvalue weighted by atomic mass is 10.2. The summed E-state index contributed by atoms with van der Waals surface area (Å²) in [6.07, 6.45) is 0. The second kappa shape index (κ2) is 6.50. The summed E-state index contributed by atoms with van der Waals surface area (Å²) in [6, 6.07) is 5.02. The minimum Gasteiger partial charge on any atom is -0.332 e. The van der Waals surface area contributed by atoms with Crippen LogP contribution in [0.15, 0.2) is 24.3 Å². The average Bonchev–Trinajstić information content (AvgIpc) is 2.45. The summed E-state index contributed by atoms with van der Waals surface area (Å²) >= 11 is 10.7. The van der Waals surface area contributed by atoms with Crippen molar-refractivity contribution in [2.75, 3.05) is 10.6 Å². The molecule has 0 aromatic heterocycles. The molecule has 0 aliphatic rings. The number of anilines is 2. The van der Waals surface area contributed by atoms with Crippen molar-refractivity contribution in [2.45, 2.75) is 6.92 Å². The predicted molar refractivity (Wildman–Crippen MR) is 82.3 cm³/mol. The number of hydrogen-bond acceptors (Lipinski definition) is 1. The molecular formula is C14H9ClF4N2S. The molecule has 2 nitrogen and oxygen atoms in total. The van der Waals surface area contributed by atoms with Gasteiger partial charge in [0.05, 0.1) is 0 Å². The van der Waals surface area contributed by atoms with Gasteiger partial charge in [-0.3, -0.25) is 0 Å². The monoisotopic (exact) mass is 348 g/mol. The van der Waals surface area contributed by atoms with E-state index in [9.17, 15) is 17.6 Å². The van der Waals surface area contributed by atoms with E-state index in [2.05, 4.69) is 10.6 Å². The summed E-state index contributed by atoms with van der Waals surface area (Å²) in [6.45, 7) is 1.75. The second-order valence-corrected chi connectivity index (χ2v) is 5.23. The average molecular weight is 349 g/mol. The van der Waals surface area contributed by atoms with Crippen LogP contribution in [-0.2, 0) is 0 Å². The standard InChI is InChI=1S/C14H9ClF4N2S/c1-6-2-3-7(15)4-10(6)20-14(22)21-13-11(18)8(16)5-9(17)12(13)19/h2-5H,1H3,(H2,20,21,22). The van der Waals surface area contributed by atoms with Crippen LogP contribution in [0.4, 0.5) is 28.9 Å². The summed E-state index contributed by atoms with van der Waals surface area (Å²) in [5.74, 6) is -6.18. The molecule has 0 amide bonds. The van der Waals surface area contributed by atoms with Crippen LogP contribution in [0.5, 0.6) is 0 Å². The molecule has 2 aromatic rings. The van der Waals surface area contributed by atoms with Crippen molar-refractivity contribution in [3.8, 4) is 0 Å². The van der Waals surface area contributed by atoms with E-state index in [1.807, 2.05) is 0 Å². The number of nitrogens with one attached hydrogen (secondary N) is 2. The van der Waals surface area contributed by atoms with E-state index < -0.39 is 29.0 Å². The molecule has 0 saturated carbocycles. The summed E-state index contributed by atoms with van der Waals surface area (Å²) in [5.41, 5.74) is 0.247. The maximum absolute atomic E-state index is 13.5. The Kier molecular flexibility index (Phi) is 4.87. The number of hydrogen-bond donors (Lipinski definition) is 2. The maximum Gasteiger partial charge on any atom is 0.185 e. The molecule has 2 aromatic carbocycles. The number of thiocarbonyl (C=S) groups is 1. The Morgan fingerprint density at radius 2 is 1.59 bits per heavy atom. The number of halogens is 5. The van der Waals surface area contributed by atoms with Crippen LogP contribution in [0.25, 0.3) is 0 Å². The fraction of sp³-hybridized carbons (Fsp3) is 0.0714. The first-order valence-corrected chi connectivity index (χ1v) is 6.75. The molecule has 0 bridgehead atoms. The normalized spacial score (nSPS) is 10.5. The molecule has 0 radical (unpaired) electrons. The van der Waals surface area contributed by atoms with Crippen molar-refractivity contribution in [3.05, 3.63) is 58.1 Å². The third-order valence-corrected chi connectivity index (χ3v) is 3.24. The molecule has 0 spiro atoms. The van der Waals surface area contributed by atoms with Crippen molar-refractivity contribution < 1.29 is 17.6 Å². The zero-order valence-electron chi connectivity index (χ0n) is 11.1.